The lowest BCUT2D eigenvalue weighted by Gasteiger charge is -2.32. The van der Waals surface area contributed by atoms with Crippen LogP contribution < -0.4 is 10.2 Å². The summed E-state index contributed by atoms with van der Waals surface area (Å²) in [6, 6.07) is 0. The molecule has 4 nitrogen and oxygen atoms in total. The van der Waals surface area contributed by atoms with E-state index in [4.69, 9.17) is 9.97 Å². The highest BCUT2D eigenvalue weighted by Gasteiger charge is 2.22. The maximum absolute atomic E-state index is 4.86. The lowest BCUT2D eigenvalue weighted by molar-refractivity contribution is 0.427. The van der Waals surface area contributed by atoms with Gasteiger partial charge in [-0.05, 0) is 26.7 Å². The Morgan fingerprint density at radius 2 is 1.55 bits per heavy atom. The Morgan fingerprint density at radius 1 is 0.950 bits per heavy atom. The van der Waals surface area contributed by atoms with Crippen LogP contribution in [0.4, 0.5) is 5.69 Å². The van der Waals surface area contributed by atoms with Crippen LogP contribution in [0.5, 0.6) is 0 Å². The first kappa shape index (κ1) is 13.8. The van der Waals surface area contributed by atoms with Crippen molar-refractivity contribution in [1.82, 2.24) is 15.3 Å². The van der Waals surface area contributed by atoms with Crippen LogP contribution in [0.3, 0.4) is 0 Å². The maximum atomic E-state index is 4.86. The Bertz CT molecular complexity index is 437. The highest BCUT2D eigenvalue weighted by Crippen LogP contribution is 2.32. The number of hydrogen-bond donors (Lipinski definition) is 1. The summed E-state index contributed by atoms with van der Waals surface area (Å²) < 4.78 is 0. The molecule has 0 atom stereocenters. The van der Waals surface area contributed by atoms with Crippen LogP contribution in [0.2, 0.25) is 0 Å². The summed E-state index contributed by atoms with van der Waals surface area (Å²) in [4.78, 5) is 12.2. The number of aromatic nitrogens is 2. The first-order valence-corrected chi connectivity index (χ1v) is 8.06. The number of hydrogen-bond acceptors (Lipinski definition) is 4. The molecule has 1 aliphatic heterocycles. The lowest BCUT2D eigenvalue weighted by atomic mass is 9.88. The number of aryl methyl sites for hydroxylation is 2. The second-order valence-corrected chi connectivity index (χ2v) is 6.17. The summed E-state index contributed by atoms with van der Waals surface area (Å²) in [5.41, 5.74) is 3.60. The molecule has 2 aliphatic rings. The molecule has 1 N–H and O–H groups in total. The van der Waals surface area contributed by atoms with E-state index in [9.17, 15) is 0 Å². The normalized spacial score (nSPS) is 21.2. The third-order valence-electron chi connectivity index (χ3n) is 4.65. The molecule has 2 heterocycles. The van der Waals surface area contributed by atoms with Crippen molar-refractivity contribution in [2.45, 2.75) is 51.9 Å². The largest absolute Gasteiger partial charge is 0.366 e. The minimum Gasteiger partial charge on any atom is -0.366 e. The smallest absolute Gasteiger partial charge is 0.132 e. The quantitative estimate of drug-likeness (QED) is 0.900. The topological polar surface area (TPSA) is 41.1 Å². The van der Waals surface area contributed by atoms with Crippen molar-refractivity contribution in [2.75, 3.05) is 31.1 Å². The monoisotopic (exact) mass is 274 g/mol. The molecule has 1 saturated carbocycles. The van der Waals surface area contributed by atoms with Gasteiger partial charge in [-0.3, -0.25) is 0 Å². The zero-order chi connectivity index (χ0) is 13.9. The van der Waals surface area contributed by atoms with E-state index >= 15 is 0 Å². The van der Waals surface area contributed by atoms with E-state index in [2.05, 4.69) is 24.1 Å². The Labute approximate surface area is 122 Å². The van der Waals surface area contributed by atoms with Crippen molar-refractivity contribution >= 4 is 5.69 Å². The van der Waals surface area contributed by atoms with E-state index in [1.807, 2.05) is 0 Å². The van der Waals surface area contributed by atoms with Crippen molar-refractivity contribution in [2.24, 2.45) is 0 Å². The fourth-order valence-corrected chi connectivity index (χ4v) is 3.63. The zero-order valence-electron chi connectivity index (χ0n) is 12.8. The van der Waals surface area contributed by atoms with Crippen LogP contribution >= 0.6 is 0 Å². The van der Waals surface area contributed by atoms with Gasteiger partial charge in [-0.25, -0.2) is 9.97 Å². The lowest BCUT2D eigenvalue weighted by Crippen LogP contribution is -2.44. The van der Waals surface area contributed by atoms with Gasteiger partial charge in [-0.1, -0.05) is 19.3 Å². The summed E-state index contributed by atoms with van der Waals surface area (Å²) >= 11 is 0. The SMILES string of the molecule is Cc1nc(C2CCCCC2)nc(C)c1N1CCNCC1. The second-order valence-electron chi connectivity index (χ2n) is 6.17. The van der Waals surface area contributed by atoms with Gasteiger partial charge in [0.1, 0.15) is 5.82 Å². The standard InChI is InChI=1S/C16H26N4/c1-12-15(20-10-8-17-9-11-20)13(2)19-16(18-12)14-6-4-3-5-7-14/h14,17H,3-11H2,1-2H3. The van der Waals surface area contributed by atoms with E-state index in [1.165, 1.54) is 49.2 Å². The molecule has 0 radical (unpaired) electrons. The Kier molecular flexibility index (Phi) is 4.20. The fourth-order valence-electron chi connectivity index (χ4n) is 3.63. The van der Waals surface area contributed by atoms with E-state index < -0.39 is 0 Å². The van der Waals surface area contributed by atoms with E-state index in [0.29, 0.717) is 5.92 Å². The molecule has 0 amide bonds. The molecule has 0 spiro atoms. The van der Waals surface area contributed by atoms with Crippen LogP contribution in [0.25, 0.3) is 0 Å². The van der Waals surface area contributed by atoms with Crippen molar-refractivity contribution in [3.05, 3.63) is 17.2 Å². The van der Waals surface area contributed by atoms with Gasteiger partial charge in [0.25, 0.3) is 0 Å². The summed E-state index contributed by atoms with van der Waals surface area (Å²) in [6.45, 7) is 8.55. The molecule has 1 aliphatic carbocycles. The Morgan fingerprint density at radius 3 is 2.15 bits per heavy atom. The number of anilines is 1. The van der Waals surface area contributed by atoms with Crippen LogP contribution in [-0.4, -0.2) is 36.1 Å². The molecule has 1 aromatic rings. The third-order valence-corrected chi connectivity index (χ3v) is 4.65. The van der Waals surface area contributed by atoms with Crippen molar-refractivity contribution in [1.29, 1.82) is 0 Å². The minimum absolute atomic E-state index is 0.596. The number of piperazine rings is 1. The molecule has 20 heavy (non-hydrogen) atoms. The van der Waals surface area contributed by atoms with Crippen molar-refractivity contribution < 1.29 is 0 Å². The van der Waals surface area contributed by atoms with E-state index in [-0.39, 0.29) is 0 Å². The van der Waals surface area contributed by atoms with Gasteiger partial charge in [0.2, 0.25) is 0 Å². The average molecular weight is 274 g/mol. The van der Waals surface area contributed by atoms with Gasteiger partial charge in [-0.2, -0.15) is 0 Å². The van der Waals surface area contributed by atoms with Crippen molar-refractivity contribution in [3.63, 3.8) is 0 Å². The zero-order valence-corrected chi connectivity index (χ0v) is 12.8. The number of rotatable bonds is 2. The van der Waals surface area contributed by atoms with E-state index in [0.717, 1.165) is 32.0 Å². The summed E-state index contributed by atoms with van der Waals surface area (Å²) in [7, 11) is 0. The highest BCUT2D eigenvalue weighted by molar-refractivity contribution is 5.54. The molecular formula is C16H26N4. The molecule has 3 rings (SSSR count). The maximum Gasteiger partial charge on any atom is 0.132 e. The average Bonchev–Trinajstić information content (AvgIpc) is 2.48. The van der Waals surface area contributed by atoms with Gasteiger partial charge < -0.3 is 10.2 Å². The molecule has 4 heteroatoms. The van der Waals surface area contributed by atoms with Crippen LogP contribution in [0.15, 0.2) is 0 Å². The van der Waals surface area contributed by atoms with Crippen molar-refractivity contribution in [3.8, 4) is 0 Å². The van der Waals surface area contributed by atoms with Crippen LogP contribution in [0, 0.1) is 13.8 Å². The Balaban J connectivity index is 1.85. The first-order valence-electron chi connectivity index (χ1n) is 8.06. The first-order chi connectivity index (χ1) is 9.75. The second kappa shape index (κ2) is 6.08. The van der Waals surface area contributed by atoms with Crippen LogP contribution in [-0.2, 0) is 0 Å². The molecule has 1 aromatic heterocycles. The summed E-state index contributed by atoms with van der Waals surface area (Å²) in [5.74, 6) is 1.69. The minimum atomic E-state index is 0.596. The highest BCUT2D eigenvalue weighted by atomic mass is 15.2. The molecule has 110 valence electrons. The fraction of sp³-hybridized carbons (Fsp3) is 0.750. The number of nitrogens with one attached hydrogen (secondary N) is 1. The predicted molar refractivity (Wildman–Crippen MR) is 82.4 cm³/mol. The van der Waals surface area contributed by atoms with Gasteiger partial charge in [0.15, 0.2) is 0 Å². The molecule has 0 bridgehead atoms. The van der Waals surface area contributed by atoms with Gasteiger partial charge in [0, 0.05) is 32.1 Å². The third kappa shape index (κ3) is 2.80. The van der Waals surface area contributed by atoms with E-state index in [1.54, 1.807) is 0 Å². The number of nitrogens with zero attached hydrogens (tertiary/aromatic N) is 3. The molecule has 2 fully saturated rings. The molecule has 1 saturated heterocycles. The molecular weight excluding hydrogens is 248 g/mol. The van der Waals surface area contributed by atoms with Gasteiger partial charge in [-0.15, -0.1) is 0 Å². The summed E-state index contributed by atoms with van der Waals surface area (Å²) in [6.07, 6.45) is 6.60. The molecule has 0 unspecified atom stereocenters. The predicted octanol–water partition coefficient (Wildman–Crippen LogP) is 2.55. The summed E-state index contributed by atoms with van der Waals surface area (Å²) in [5, 5.41) is 3.40. The van der Waals surface area contributed by atoms with Crippen LogP contribution in [0.1, 0.15) is 55.2 Å². The van der Waals surface area contributed by atoms with Gasteiger partial charge >= 0.3 is 0 Å². The molecule has 0 aromatic carbocycles. The Hall–Kier alpha value is -1.16. The van der Waals surface area contributed by atoms with Gasteiger partial charge in [0.05, 0.1) is 17.1 Å².